The minimum Gasteiger partial charge on any atom is -0.357 e. The van der Waals surface area contributed by atoms with Crippen LogP contribution in [0.15, 0.2) is 35.3 Å². The minimum atomic E-state index is -3.06. The molecule has 0 atom stereocenters. The molecule has 23 heavy (non-hydrogen) atoms. The van der Waals surface area contributed by atoms with E-state index >= 15 is 0 Å². The zero-order valence-corrected chi connectivity index (χ0v) is 17.1. The van der Waals surface area contributed by atoms with Crippen molar-refractivity contribution >= 4 is 39.8 Å². The van der Waals surface area contributed by atoms with Gasteiger partial charge in [0.25, 0.3) is 0 Å². The second-order valence-corrected chi connectivity index (χ2v) is 7.30. The third kappa shape index (κ3) is 10.5. The van der Waals surface area contributed by atoms with Crippen LogP contribution in [-0.2, 0) is 15.6 Å². The first-order chi connectivity index (χ1) is 10.6. The van der Waals surface area contributed by atoms with E-state index in [1.54, 1.807) is 0 Å². The highest BCUT2D eigenvalue weighted by molar-refractivity contribution is 14.0. The molecule has 0 aliphatic rings. The van der Waals surface area contributed by atoms with Gasteiger partial charge in [0.2, 0.25) is 0 Å². The minimum absolute atomic E-state index is 0. The Kier molecular flexibility index (Phi) is 12.1. The Morgan fingerprint density at radius 1 is 1.13 bits per heavy atom. The highest BCUT2D eigenvalue weighted by Gasteiger charge is 2.11. The Hall–Kier alpha value is -0.830. The molecule has 0 heterocycles. The summed E-state index contributed by atoms with van der Waals surface area (Å²) in [5, 5.41) is 6.31. The van der Waals surface area contributed by atoms with E-state index in [1.165, 1.54) is 0 Å². The summed E-state index contributed by atoms with van der Waals surface area (Å²) in [6.07, 6.45) is 1.56. The summed E-state index contributed by atoms with van der Waals surface area (Å²) in [7, 11) is -3.06. The molecule has 2 N–H and O–H groups in total. The quantitative estimate of drug-likeness (QED) is 0.261. The number of rotatable bonds is 9. The molecule has 5 nitrogen and oxygen atoms in total. The molecule has 0 spiro atoms. The number of hydrogen-bond acceptors (Lipinski definition) is 3. The number of nitrogens with one attached hydrogen (secondary N) is 2. The second kappa shape index (κ2) is 12.6. The molecule has 0 aliphatic heterocycles. The van der Waals surface area contributed by atoms with Crippen LogP contribution in [0.5, 0.6) is 0 Å². The van der Waals surface area contributed by atoms with Gasteiger partial charge in [-0.3, -0.25) is 4.99 Å². The molecule has 0 saturated heterocycles. The molecule has 0 aromatic heterocycles. The van der Waals surface area contributed by atoms with Gasteiger partial charge in [-0.05, 0) is 25.3 Å². The van der Waals surface area contributed by atoms with Crippen LogP contribution >= 0.6 is 24.0 Å². The fourth-order valence-electron chi connectivity index (χ4n) is 1.96. The van der Waals surface area contributed by atoms with E-state index in [0.717, 1.165) is 31.0 Å². The molecule has 0 bridgehead atoms. The van der Waals surface area contributed by atoms with Gasteiger partial charge in [-0.1, -0.05) is 37.3 Å². The first-order valence-corrected chi connectivity index (χ1v) is 9.66. The van der Waals surface area contributed by atoms with Crippen LogP contribution in [0.1, 0.15) is 32.3 Å². The van der Waals surface area contributed by atoms with Crippen LogP contribution in [0.4, 0.5) is 0 Å². The van der Waals surface area contributed by atoms with Gasteiger partial charge in [0, 0.05) is 19.6 Å². The highest BCUT2D eigenvalue weighted by atomic mass is 127. The van der Waals surface area contributed by atoms with E-state index in [2.05, 4.69) is 22.5 Å². The van der Waals surface area contributed by atoms with Crippen molar-refractivity contribution in [3.63, 3.8) is 0 Å². The lowest BCUT2D eigenvalue weighted by atomic mass is 10.2. The lowest BCUT2D eigenvalue weighted by Crippen LogP contribution is -2.38. The molecule has 1 aromatic carbocycles. The van der Waals surface area contributed by atoms with E-state index in [1.807, 2.05) is 37.3 Å². The number of benzene rings is 1. The van der Waals surface area contributed by atoms with Gasteiger partial charge in [0.15, 0.2) is 15.8 Å². The maximum absolute atomic E-state index is 12.1. The summed E-state index contributed by atoms with van der Waals surface area (Å²) in [5.41, 5.74) is 0.841. The second-order valence-electron chi connectivity index (χ2n) is 5.12. The third-order valence-corrected chi connectivity index (χ3v) is 4.68. The average Bonchev–Trinajstić information content (AvgIpc) is 2.49. The van der Waals surface area contributed by atoms with Crippen LogP contribution in [0.3, 0.4) is 0 Å². The first kappa shape index (κ1) is 22.2. The Labute approximate surface area is 157 Å². The lowest BCUT2D eigenvalue weighted by Gasteiger charge is -2.11. The molecule has 0 aliphatic carbocycles. The van der Waals surface area contributed by atoms with Crippen molar-refractivity contribution in [2.45, 2.75) is 32.4 Å². The van der Waals surface area contributed by atoms with E-state index < -0.39 is 9.84 Å². The molecule has 132 valence electrons. The molecular formula is C16H28IN3O2S. The van der Waals surface area contributed by atoms with Gasteiger partial charge in [0.05, 0.1) is 11.5 Å². The Bertz CT molecular complexity index is 548. The van der Waals surface area contributed by atoms with Gasteiger partial charge in [-0.25, -0.2) is 8.42 Å². The van der Waals surface area contributed by atoms with E-state index in [0.29, 0.717) is 13.0 Å². The summed E-state index contributed by atoms with van der Waals surface area (Å²) in [6, 6.07) is 9.30. The summed E-state index contributed by atoms with van der Waals surface area (Å²) in [6.45, 7) is 6.24. The van der Waals surface area contributed by atoms with E-state index in [-0.39, 0.29) is 35.5 Å². The van der Waals surface area contributed by atoms with Crippen molar-refractivity contribution in [3.8, 4) is 0 Å². The summed E-state index contributed by atoms with van der Waals surface area (Å²) in [4.78, 5) is 4.38. The van der Waals surface area contributed by atoms with Gasteiger partial charge in [-0.15, -0.1) is 24.0 Å². The molecule has 0 amide bonds. The molecular weight excluding hydrogens is 425 g/mol. The van der Waals surface area contributed by atoms with Crippen LogP contribution in [0, 0.1) is 0 Å². The van der Waals surface area contributed by atoms with Crippen molar-refractivity contribution < 1.29 is 8.42 Å². The monoisotopic (exact) mass is 453 g/mol. The van der Waals surface area contributed by atoms with Gasteiger partial charge < -0.3 is 10.6 Å². The summed E-state index contributed by atoms with van der Waals surface area (Å²) < 4.78 is 24.1. The average molecular weight is 453 g/mol. The van der Waals surface area contributed by atoms with Gasteiger partial charge in [0.1, 0.15) is 0 Å². The van der Waals surface area contributed by atoms with Crippen LogP contribution in [-0.4, -0.2) is 39.8 Å². The molecule has 7 heteroatoms. The Morgan fingerprint density at radius 3 is 2.43 bits per heavy atom. The number of nitrogens with zero attached hydrogens (tertiary/aromatic N) is 1. The van der Waals surface area contributed by atoms with Crippen LogP contribution in [0.25, 0.3) is 0 Å². The van der Waals surface area contributed by atoms with Crippen molar-refractivity contribution in [3.05, 3.63) is 35.9 Å². The standard InChI is InChI=1S/C16H27N3O2S.HI/c1-3-11-18-16(17-4-2)19-12-8-13-22(20,21)14-15-9-6-5-7-10-15;/h5-7,9-10H,3-4,8,11-14H2,1-2H3,(H2,17,18,19);1H. The van der Waals surface area contributed by atoms with Crippen LogP contribution < -0.4 is 10.6 Å². The molecule has 1 aromatic rings. The van der Waals surface area contributed by atoms with Crippen molar-refractivity contribution in [1.29, 1.82) is 0 Å². The van der Waals surface area contributed by atoms with Gasteiger partial charge in [-0.2, -0.15) is 0 Å². The lowest BCUT2D eigenvalue weighted by molar-refractivity contribution is 0.591. The molecule has 0 fully saturated rings. The predicted molar refractivity (Wildman–Crippen MR) is 108 cm³/mol. The number of hydrogen-bond donors (Lipinski definition) is 2. The largest absolute Gasteiger partial charge is 0.357 e. The Balaban J connectivity index is 0.00000484. The maximum Gasteiger partial charge on any atom is 0.191 e. The summed E-state index contributed by atoms with van der Waals surface area (Å²) >= 11 is 0. The van der Waals surface area contributed by atoms with Crippen molar-refractivity contribution in [2.24, 2.45) is 4.99 Å². The maximum atomic E-state index is 12.1. The fraction of sp³-hybridized carbons (Fsp3) is 0.562. The first-order valence-electron chi connectivity index (χ1n) is 7.84. The predicted octanol–water partition coefficient (Wildman–Crippen LogP) is 2.57. The van der Waals surface area contributed by atoms with Crippen molar-refractivity contribution in [2.75, 3.05) is 25.4 Å². The zero-order valence-electron chi connectivity index (χ0n) is 13.9. The number of guanidine groups is 1. The molecule has 0 unspecified atom stereocenters. The van der Waals surface area contributed by atoms with Gasteiger partial charge >= 0.3 is 0 Å². The highest BCUT2D eigenvalue weighted by Crippen LogP contribution is 2.06. The SMILES string of the molecule is CCCN=C(NCC)NCCCS(=O)(=O)Cc1ccccc1.I. The number of aliphatic imine (C=N–C) groups is 1. The summed E-state index contributed by atoms with van der Waals surface area (Å²) in [5.74, 6) is 1.05. The molecule has 0 saturated carbocycles. The smallest absolute Gasteiger partial charge is 0.191 e. The fourth-order valence-corrected chi connectivity index (χ4v) is 3.39. The number of sulfone groups is 1. The number of halogens is 1. The molecule has 1 rings (SSSR count). The van der Waals surface area contributed by atoms with Crippen LogP contribution in [0.2, 0.25) is 0 Å². The Morgan fingerprint density at radius 2 is 1.83 bits per heavy atom. The normalized spacial score (nSPS) is 11.7. The van der Waals surface area contributed by atoms with E-state index in [4.69, 9.17) is 0 Å². The third-order valence-electron chi connectivity index (χ3n) is 2.99. The zero-order chi connectivity index (χ0) is 16.3. The topological polar surface area (TPSA) is 70.6 Å². The van der Waals surface area contributed by atoms with E-state index in [9.17, 15) is 8.42 Å². The van der Waals surface area contributed by atoms with Crippen molar-refractivity contribution in [1.82, 2.24) is 10.6 Å². The molecule has 0 radical (unpaired) electrons.